The largest absolute Gasteiger partial charge is 0.475 e. The van der Waals surface area contributed by atoms with Gasteiger partial charge in [-0.25, -0.2) is 29.9 Å². The molecule has 252 valence electrons. The van der Waals surface area contributed by atoms with Crippen LogP contribution in [-0.2, 0) is 0 Å². The Morgan fingerprint density at radius 2 is 1.18 bits per heavy atom. The van der Waals surface area contributed by atoms with Gasteiger partial charge in [0.15, 0.2) is 0 Å². The third-order valence-electron chi connectivity index (χ3n) is 9.22. The molecule has 16 heteroatoms. The zero-order chi connectivity index (χ0) is 33.9. The molecule has 0 radical (unpaired) electrons. The third kappa shape index (κ3) is 5.30. The maximum absolute atomic E-state index is 13.0. The van der Waals surface area contributed by atoms with Gasteiger partial charge in [0, 0.05) is 35.2 Å². The lowest BCUT2D eigenvalue weighted by Crippen LogP contribution is -2.32. The minimum Gasteiger partial charge on any atom is -0.475 e. The standard InChI is InChI=1S/C17H14ClN5O2.C17H16N6O2/c2*18-14-13-16(21-9-20-14)25-6-5-23(17(13)24)12-7-10-3-4-22(11-1-2-11)15(10)19-8-12/h3-4,7-9,11H,1-2,5-6H2;3-4,7-9,11H,1-2,5-6H2,(H2,18,20,21). The number of carbonyl (C=O) groups is 2. The highest BCUT2D eigenvalue weighted by atomic mass is 35.5. The number of carbonyl (C=O) groups excluding carboxylic acids is 2. The number of aromatic nitrogens is 8. The Morgan fingerprint density at radius 1 is 0.680 bits per heavy atom. The molecule has 2 aliphatic carbocycles. The van der Waals surface area contributed by atoms with E-state index in [2.05, 4.69) is 51.4 Å². The molecule has 2 N–H and O–H groups in total. The van der Waals surface area contributed by atoms with Crippen molar-refractivity contribution in [3.8, 4) is 11.8 Å². The number of pyridine rings is 2. The number of nitrogen functional groups attached to an aromatic ring is 1. The summed E-state index contributed by atoms with van der Waals surface area (Å²) in [4.78, 5) is 54.2. The van der Waals surface area contributed by atoms with Gasteiger partial charge in [-0.05, 0) is 49.9 Å². The van der Waals surface area contributed by atoms with E-state index >= 15 is 0 Å². The second-order valence-corrected chi connectivity index (χ2v) is 12.9. The van der Waals surface area contributed by atoms with Gasteiger partial charge in [0.1, 0.15) is 59.3 Å². The summed E-state index contributed by atoms with van der Waals surface area (Å²) in [7, 11) is 0. The molecule has 0 spiro atoms. The average molecular weight is 692 g/mol. The Bertz CT molecular complexity index is 2150. The van der Waals surface area contributed by atoms with E-state index in [0.29, 0.717) is 49.8 Å². The summed E-state index contributed by atoms with van der Waals surface area (Å²) in [5, 5.41) is 2.12. The number of nitrogens with zero attached hydrogens (tertiary/aromatic N) is 10. The molecule has 2 aliphatic heterocycles. The lowest BCUT2D eigenvalue weighted by molar-refractivity contribution is 0.0981. The predicted molar refractivity (Wildman–Crippen MR) is 184 cm³/mol. The van der Waals surface area contributed by atoms with Gasteiger partial charge in [-0.2, -0.15) is 0 Å². The van der Waals surface area contributed by atoms with Crippen molar-refractivity contribution in [1.29, 1.82) is 0 Å². The van der Waals surface area contributed by atoms with E-state index in [0.717, 1.165) is 22.1 Å². The number of rotatable bonds is 4. The first-order valence-corrected chi connectivity index (χ1v) is 16.8. The van der Waals surface area contributed by atoms with E-state index in [1.807, 2.05) is 24.3 Å². The summed E-state index contributed by atoms with van der Waals surface area (Å²) in [5.74, 6) is 0.0282. The topological polar surface area (TPSA) is 172 Å². The quantitative estimate of drug-likeness (QED) is 0.255. The highest BCUT2D eigenvalue weighted by Crippen LogP contribution is 2.39. The molecule has 4 aliphatic rings. The fourth-order valence-corrected chi connectivity index (χ4v) is 6.62. The number of halogens is 1. The first kappa shape index (κ1) is 30.2. The summed E-state index contributed by atoms with van der Waals surface area (Å²) >= 11 is 6.10. The molecule has 0 aromatic carbocycles. The normalized spacial score (nSPS) is 17.3. The molecule has 0 saturated heterocycles. The molecule has 10 rings (SSSR count). The molecule has 0 atom stereocenters. The second kappa shape index (κ2) is 11.9. The molecule has 8 heterocycles. The summed E-state index contributed by atoms with van der Waals surface area (Å²) in [6, 6.07) is 9.15. The number of nitrogens with two attached hydrogens (primary N) is 1. The van der Waals surface area contributed by atoms with E-state index in [-0.39, 0.29) is 45.7 Å². The Labute approximate surface area is 289 Å². The van der Waals surface area contributed by atoms with Gasteiger partial charge in [-0.3, -0.25) is 9.59 Å². The Kier molecular flexibility index (Phi) is 7.23. The molecule has 0 unspecified atom stereocenters. The molecule has 2 fully saturated rings. The molecular formula is C34H30ClN11O4. The fourth-order valence-electron chi connectivity index (χ4n) is 6.42. The van der Waals surface area contributed by atoms with Crippen LogP contribution in [0.2, 0.25) is 5.15 Å². The van der Waals surface area contributed by atoms with Crippen LogP contribution in [0.5, 0.6) is 11.8 Å². The Balaban J connectivity index is 0.000000135. The van der Waals surface area contributed by atoms with Crippen LogP contribution in [0.1, 0.15) is 58.5 Å². The van der Waals surface area contributed by atoms with Gasteiger partial charge in [-0.1, -0.05) is 11.6 Å². The second-order valence-electron chi connectivity index (χ2n) is 12.5. The van der Waals surface area contributed by atoms with Crippen molar-refractivity contribution in [1.82, 2.24) is 39.0 Å². The summed E-state index contributed by atoms with van der Waals surface area (Å²) in [6.07, 6.45) is 15.0. The monoisotopic (exact) mass is 691 g/mol. The van der Waals surface area contributed by atoms with Gasteiger partial charge >= 0.3 is 0 Å². The van der Waals surface area contributed by atoms with E-state index in [9.17, 15) is 9.59 Å². The van der Waals surface area contributed by atoms with Crippen molar-refractivity contribution >= 4 is 62.7 Å². The lowest BCUT2D eigenvalue weighted by atomic mass is 10.2. The Hall–Kier alpha value is -5.83. The van der Waals surface area contributed by atoms with Crippen molar-refractivity contribution in [3.63, 3.8) is 0 Å². The lowest BCUT2D eigenvalue weighted by Gasteiger charge is -2.20. The maximum atomic E-state index is 13.0. The van der Waals surface area contributed by atoms with Crippen molar-refractivity contribution in [2.24, 2.45) is 0 Å². The highest BCUT2D eigenvalue weighted by molar-refractivity contribution is 6.33. The van der Waals surface area contributed by atoms with Crippen LogP contribution in [0.3, 0.4) is 0 Å². The number of anilines is 3. The van der Waals surface area contributed by atoms with Crippen LogP contribution in [0.25, 0.3) is 22.1 Å². The number of hydrogen-bond donors (Lipinski definition) is 1. The molecule has 50 heavy (non-hydrogen) atoms. The van der Waals surface area contributed by atoms with Crippen LogP contribution < -0.4 is 25.0 Å². The van der Waals surface area contributed by atoms with Crippen molar-refractivity contribution in [2.45, 2.75) is 37.8 Å². The molecule has 2 saturated carbocycles. The van der Waals surface area contributed by atoms with Crippen molar-refractivity contribution < 1.29 is 19.1 Å². The van der Waals surface area contributed by atoms with Crippen LogP contribution in [-0.4, -0.2) is 77.2 Å². The predicted octanol–water partition coefficient (Wildman–Crippen LogP) is 4.64. The Morgan fingerprint density at radius 3 is 1.72 bits per heavy atom. The third-order valence-corrected chi connectivity index (χ3v) is 9.50. The molecule has 15 nitrogen and oxygen atoms in total. The van der Waals surface area contributed by atoms with Gasteiger partial charge < -0.3 is 34.1 Å². The molecule has 6 aromatic rings. The summed E-state index contributed by atoms with van der Waals surface area (Å²) in [5.41, 5.74) is 9.60. The number of amides is 2. The minimum atomic E-state index is -0.277. The van der Waals surface area contributed by atoms with Crippen molar-refractivity contribution in [3.05, 3.63) is 78.0 Å². The smallest absolute Gasteiger partial charge is 0.267 e. The van der Waals surface area contributed by atoms with Crippen LogP contribution in [0, 0.1) is 0 Å². The van der Waals surface area contributed by atoms with Crippen LogP contribution in [0.15, 0.2) is 61.7 Å². The maximum Gasteiger partial charge on any atom is 0.267 e. The molecule has 0 bridgehead atoms. The zero-order valence-electron chi connectivity index (χ0n) is 26.6. The van der Waals surface area contributed by atoms with Crippen LogP contribution >= 0.6 is 11.6 Å². The van der Waals surface area contributed by atoms with E-state index in [4.69, 9.17) is 26.8 Å². The molecular weight excluding hydrogens is 662 g/mol. The SMILES string of the molecule is Nc1ncnc2c1C(=O)N(c1cnc3c(ccn3C3CC3)c1)CCO2.O=C1c2c(Cl)ncnc2OCCN1c1cnc2c(ccn2C2CC2)c1. The van der Waals surface area contributed by atoms with Gasteiger partial charge in [0.05, 0.1) is 36.9 Å². The van der Waals surface area contributed by atoms with E-state index in [1.54, 1.807) is 22.2 Å². The summed E-state index contributed by atoms with van der Waals surface area (Å²) in [6.45, 7) is 1.44. The van der Waals surface area contributed by atoms with Gasteiger partial charge in [0.25, 0.3) is 11.8 Å². The van der Waals surface area contributed by atoms with Gasteiger partial charge in [0.2, 0.25) is 11.8 Å². The summed E-state index contributed by atoms with van der Waals surface area (Å²) < 4.78 is 15.5. The van der Waals surface area contributed by atoms with Crippen LogP contribution in [0.4, 0.5) is 17.2 Å². The number of fused-ring (bicyclic) bond motifs is 4. The number of ether oxygens (including phenoxy) is 2. The average Bonchev–Trinajstić information content (AvgIpc) is 4.07. The van der Waals surface area contributed by atoms with Gasteiger partial charge in [-0.15, -0.1) is 0 Å². The van der Waals surface area contributed by atoms with E-state index < -0.39 is 0 Å². The fraction of sp³-hybridized carbons (Fsp3) is 0.294. The minimum absolute atomic E-state index is 0.0934. The molecule has 2 amide bonds. The zero-order valence-corrected chi connectivity index (χ0v) is 27.4. The molecule has 6 aromatic heterocycles. The van der Waals surface area contributed by atoms with Crippen molar-refractivity contribution in [2.75, 3.05) is 41.8 Å². The highest BCUT2D eigenvalue weighted by Gasteiger charge is 2.32. The first-order valence-electron chi connectivity index (χ1n) is 16.4. The number of hydrogen-bond acceptors (Lipinski definition) is 11. The first-order chi connectivity index (χ1) is 24.4. The van der Waals surface area contributed by atoms with E-state index in [1.165, 1.54) is 38.3 Å².